The maximum atomic E-state index is 13.4. The van der Waals surface area contributed by atoms with Crippen LogP contribution in [0.15, 0.2) is 53.4 Å². The zero-order chi connectivity index (χ0) is 24.1. The maximum Gasteiger partial charge on any atom is 0.250 e. The summed E-state index contributed by atoms with van der Waals surface area (Å²) in [4.78, 5) is 54.7. The van der Waals surface area contributed by atoms with Gasteiger partial charge in [-0.25, -0.2) is 0 Å². The molecule has 1 atom stereocenters. The number of thioether (sulfide) groups is 1. The lowest BCUT2D eigenvalue weighted by Crippen LogP contribution is -2.51. The fraction of sp³-hybridized carbons (Fsp3) is 0.360. The summed E-state index contributed by atoms with van der Waals surface area (Å²) < 4.78 is 0. The number of para-hydroxylation sites is 1. The van der Waals surface area contributed by atoms with Crippen molar-refractivity contribution in [3.8, 4) is 0 Å². The van der Waals surface area contributed by atoms with Crippen molar-refractivity contribution < 1.29 is 19.2 Å². The van der Waals surface area contributed by atoms with Gasteiger partial charge in [-0.2, -0.15) is 0 Å². The number of nitrogens with zero attached hydrogens (tertiary/aromatic N) is 2. The van der Waals surface area contributed by atoms with Crippen molar-refractivity contribution in [1.29, 1.82) is 0 Å². The van der Waals surface area contributed by atoms with Gasteiger partial charge in [0.2, 0.25) is 17.7 Å². The minimum absolute atomic E-state index is 0.176. The second-order valence-corrected chi connectivity index (χ2v) is 9.58. The average Bonchev–Trinajstić information content (AvgIpc) is 3.11. The summed E-state index contributed by atoms with van der Waals surface area (Å²) in [7, 11) is 0. The molecule has 8 nitrogen and oxygen atoms in total. The van der Waals surface area contributed by atoms with Crippen molar-refractivity contribution in [2.24, 2.45) is 0 Å². The Morgan fingerprint density at radius 3 is 2.18 bits per heavy atom. The Balaban J connectivity index is 1.49. The number of benzene rings is 2. The van der Waals surface area contributed by atoms with Gasteiger partial charge in [0, 0.05) is 36.3 Å². The van der Waals surface area contributed by atoms with Crippen molar-refractivity contribution in [2.75, 3.05) is 35.2 Å². The molecule has 0 bridgehead atoms. The Labute approximate surface area is 203 Å². The Morgan fingerprint density at radius 2 is 1.53 bits per heavy atom. The van der Waals surface area contributed by atoms with Crippen molar-refractivity contribution in [1.82, 2.24) is 4.90 Å². The highest BCUT2D eigenvalue weighted by atomic mass is 32.2. The van der Waals surface area contributed by atoms with E-state index in [1.807, 2.05) is 18.2 Å². The highest BCUT2D eigenvalue weighted by Gasteiger charge is 2.40. The second kappa shape index (κ2) is 10.7. The lowest BCUT2D eigenvalue weighted by molar-refractivity contribution is -0.135. The van der Waals surface area contributed by atoms with E-state index in [0.717, 1.165) is 30.6 Å². The topological polar surface area (TPSA) is 98.8 Å². The molecule has 1 fully saturated rings. The van der Waals surface area contributed by atoms with Crippen LogP contribution in [0.1, 0.15) is 32.6 Å². The van der Waals surface area contributed by atoms with Gasteiger partial charge in [-0.1, -0.05) is 25.0 Å². The summed E-state index contributed by atoms with van der Waals surface area (Å²) in [6.45, 7) is 2.56. The molecular weight excluding hydrogens is 452 g/mol. The summed E-state index contributed by atoms with van der Waals surface area (Å²) in [6.07, 6.45) is 4.08. The summed E-state index contributed by atoms with van der Waals surface area (Å²) in [5.74, 6) is -1.09. The summed E-state index contributed by atoms with van der Waals surface area (Å²) in [5, 5.41) is 4.57. The third-order valence-corrected chi connectivity index (χ3v) is 7.06. The molecular formula is C25H28N4O4S. The number of hydrogen-bond donors (Lipinski definition) is 2. The molecule has 0 spiro atoms. The van der Waals surface area contributed by atoms with Crippen LogP contribution in [-0.2, 0) is 19.2 Å². The Morgan fingerprint density at radius 1 is 0.912 bits per heavy atom. The molecule has 2 aliphatic heterocycles. The fourth-order valence-electron chi connectivity index (χ4n) is 4.18. The molecule has 4 amide bonds. The lowest BCUT2D eigenvalue weighted by atomic mass is 10.2. The van der Waals surface area contributed by atoms with Crippen LogP contribution >= 0.6 is 11.8 Å². The van der Waals surface area contributed by atoms with Gasteiger partial charge in [-0.05, 0) is 49.2 Å². The van der Waals surface area contributed by atoms with Crippen LogP contribution in [0.4, 0.5) is 17.1 Å². The average molecular weight is 481 g/mol. The number of hydrogen-bond acceptors (Lipinski definition) is 5. The normalized spacial score (nSPS) is 18.0. The number of nitrogens with one attached hydrogen (secondary N) is 2. The second-order valence-electron chi connectivity index (χ2n) is 8.44. The number of anilines is 3. The standard InChI is InChI=1S/C25H28N4O4S/c1-17(30)26-18-10-12-19(13-11-18)27-22(31)16-29-20-8-4-5-9-21(20)34-23(25(29)33)24(32)28-14-6-2-3-7-15-28/h4-5,8-13,23H,2-3,6-7,14-16H2,1H3,(H,26,30)(H,27,31)/t23-/m1/s1. The van der Waals surface area contributed by atoms with Gasteiger partial charge >= 0.3 is 0 Å². The molecule has 2 aliphatic rings. The van der Waals surface area contributed by atoms with Gasteiger partial charge in [-0.3, -0.25) is 19.2 Å². The van der Waals surface area contributed by atoms with Crippen LogP contribution in [0.5, 0.6) is 0 Å². The number of carbonyl (C=O) groups excluding carboxylic acids is 4. The van der Waals surface area contributed by atoms with Crippen molar-refractivity contribution >= 4 is 52.5 Å². The first-order chi connectivity index (χ1) is 16.4. The third kappa shape index (κ3) is 5.59. The quantitative estimate of drug-likeness (QED) is 0.639. The Hall–Kier alpha value is -3.33. The number of rotatable bonds is 5. The zero-order valence-corrected chi connectivity index (χ0v) is 19.9. The van der Waals surface area contributed by atoms with E-state index in [-0.39, 0.29) is 30.2 Å². The summed E-state index contributed by atoms with van der Waals surface area (Å²) in [6, 6.07) is 14.1. The number of amides is 4. The van der Waals surface area contributed by atoms with Crippen LogP contribution in [-0.4, -0.2) is 53.4 Å². The highest BCUT2D eigenvalue weighted by Crippen LogP contribution is 2.39. The van der Waals surface area contributed by atoms with E-state index in [1.54, 1.807) is 35.2 Å². The molecule has 34 heavy (non-hydrogen) atoms. The first kappa shape index (κ1) is 23.8. The Bertz CT molecular complexity index is 1080. The zero-order valence-electron chi connectivity index (χ0n) is 19.1. The van der Waals surface area contributed by atoms with E-state index < -0.39 is 5.25 Å². The van der Waals surface area contributed by atoms with Gasteiger partial charge in [0.25, 0.3) is 5.91 Å². The molecule has 0 saturated carbocycles. The van der Waals surface area contributed by atoms with Gasteiger partial charge < -0.3 is 20.4 Å². The molecule has 9 heteroatoms. The minimum atomic E-state index is -0.891. The maximum absolute atomic E-state index is 13.4. The van der Waals surface area contributed by atoms with Gasteiger partial charge in [-0.15, -0.1) is 11.8 Å². The molecule has 2 heterocycles. The fourth-order valence-corrected chi connectivity index (χ4v) is 5.37. The van der Waals surface area contributed by atoms with Crippen LogP contribution in [0.3, 0.4) is 0 Å². The molecule has 4 rings (SSSR count). The van der Waals surface area contributed by atoms with Crippen LogP contribution in [0, 0.1) is 0 Å². The van der Waals surface area contributed by atoms with E-state index in [9.17, 15) is 19.2 Å². The third-order valence-electron chi connectivity index (χ3n) is 5.82. The SMILES string of the molecule is CC(=O)Nc1ccc(NC(=O)CN2C(=O)[C@@H](C(=O)N3CCCCCC3)Sc3ccccc32)cc1. The van der Waals surface area contributed by atoms with Crippen LogP contribution in [0.2, 0.25) is 0 Å². The summed E-state index contributed by atoms with van der Waals surface area (Å²) in [5.41, 5.74) is 1.80. The first-order valence-electron chi connectivity index (χ1n) is 11.5. The monoisotopic (exact) mass is 480 g/mol. The molecule has 0 aliphatic carbocycles. The lowest BCUT2D eigenvalue weighted by Gasteiger charge is -2.34. The molecule has 2 N–H and O–H groups in total. The van der Waals surface area contributed by atoms with E-state index in [0.29, 0.717) is 30.2 Å². The van der Waals surface area contributed by atoms with E-state index >= 15 is 0 Å². The summed E-state index contributed by atoms with van der Waals surface area (Å²) >= 11 is 1.27. The molecule has 1 saturated heterocycles. The molecule has 2 aromatic carbocycles. The van der Waals surface area contributed by atoms with Gasteiger partial charge in [0.15, 0.2) is 5.25 Å². The Kier molecular flexibility index (Phi) is 7.52. The van der Waals surface area contributed by atoms with Crippen LogP contribution in [0.25, 0.3) is 0 Å². The van der Waals surface area contributed by atoms with E-state index in [2.05, 4.69) is 10.6 Å². The predicted molar refractivity (Wildman–Crippen MR) is 133 cm³/mol. The molecule has 0 unspecified atom stereocenters. The smallest absolute Gasteiger partial charge is 0.250 e. The molecule has 0 radical (unpaired) electrons. The number of carbonyl (C=O) groups is 4. The number of fused-ring (bicyclic) bond motifs is 1. The van der Waals surface area contributed by atoms with E-state index in [4.69, 9.17) is 0 Å². The highest BCUT2D eigenvalue weighted by molar-refractivity contribution is 8.01. The van der Waals surface area contributed by atoms with Crippen molar-refractivity contribution in [3.63, 3.8) is 0 Å². The number of likely N-dealkylation sites (tertiary alicyclic amines) is 1. The minimum Gasteiger partial charge on any atom is -0.341 e. The van der Waals surface area contributed by atoms with Gasteiger partial charge in [0.1, 0.15) is 6.54 Å². The molecule has 178 valence electrons. The molecule has 0 aromatic heterocycles. The molecule has 2 aromatic rings. The van der Waals surface area contributed by atoms with Crippen molar-refractivity contribution in [2.45, 2.75) is 42.8 Å². The first-order valence-corrected chi connectivity index (χ1v) is 12.3. The van der Waals surface area contributed by atoms with Crippen LogP contribution < -0.4 is 15.5 Å². The van der Waals surface area contributed by atoms with Gasteiger partial charge in [0.05, 0.1) is 5.69 Å². The predicted octanol–water partition coefficient (Wildman–Crippen LogP) is 3.49. The largest absolute Gasteiger partial charge is 0.341 e. The van der Waals surface area contributed by atoms with E-state index in [1.165, 1.54) is 23.6 Å². The van der Waals surface area contributed by atoms with Crippen molar-refractivity contribution in [3.05, 3.63) is 48.5 Å².